The molecule has 2 heterocycles. The van der Waals surface area contributed by atoms with Gasteiger partial charge in [0.15, 0.2) is 0 Å². The Morgan fingerprint density at radius 2 is 2.00 bits per heavy atom. The standard InChI is InChI=1S/C12H19N5/c1(2-8-16-10-6-14-12-16)4-13-7-11-17-9-3-5-15-17/h3,5-6,9-10,12-13H,1-2,4,7-8,11H2. The number of hydrogen-bond donors (Lipinski definition) is 1. The van der Waals surface area contributed by atoms with Crippen molar-refractivity contribution in [3.05, 3.63) is 37.2 Å². The molecule has 0 saturated carbocycles. The van der Waals surface area contributed by atoms with Crippen molar-refractivity contribution >= 4 is 0 Å². The number of nitrogens with zero attached hydrogens (tertiary/aromatic N) is 4. The molecule has 0 radical (unpaired) electrons. The number of hydrogen-bond acceptors (Lipinski definition) is 3. The van der Waals surface area contributed by atoms with Gasteiger partial charge in [0.1, 0.15) is 0 Å². The molecule has 5 nitrogen and oxygen atoms in total. The van der Waals surface area contributed by atoms with E-state index in [1.54, 1.807) is 0 Å². The quantitative estimate of drug-likeness (QED) is 0.696. The van der Waals surface area contributed by atoms with Gasteiger partial charge in [-0.05, 0) is 25.5 Å². The number of unbranched alkanes of at least 4 members (excludes halogenated alkanes) is 1. The molecule has 0 saturated heterocycles. The smallest absolute Gasteiger partial charge is 0.0945 e. The molecule has 0 unspecified atom stereocenters. The van der Waals surface area contributed by atoms with Gasteiger partial charge in [-0.1, -0.05) is 0 Å². The van der Waals surface area contributed by atoms with E-state index in [1.807, 2.05) is 41.9 Å². The molecule has 2 aromatic heterocycles. The third kappa shape index (κ3) is 4.40. The van der Waals surface area contributed by atoms with Crippen LogP contribution in [0.1, 0.15) is 12.8 Å². The summed E-state index contributed by atoms with van der Waals surface area (Å²) >= 11 is 0. The summed E-state index contributed by atoms with van der Waals surface area (Å²) in [5, 5.41) is 7.57. The molecule has 0 aromatic carbocycles. The Morgan fingerprint density at radius 1 is 1.00 bits per heavy atom. The average molecular weight is 233 g/mol. The Balaban J connectivity index is 1.44. The van der Waals surface area contributed by atoms with Crippen molar-refractivity contribution in [2.24, 2.45) is 0 Å². The van der Waals surface area contributed by atoms with Crippen molar-refractivity contribution in [3.63, 3.8) is 0 Å². The Hall–Kier alpha value is -1.62. The first-order valence-electron chi connectivity index (χ1n) is 6.09. The second-order valence-electron chi connectivity index (χ2n) is 4.03. The van der Waals surface area contributed by atoms with Gasteiger partial charge in [-0.25, -0.2) is 4.98 Å². The molecule has 17 heavy (non-hydrogen) atoms. The molecule has 0 aliphatic carbocycles. The topological polar surface area (TPSA) is 47.7 Å². The molecular weight excluding hydrogens is 214 g/mol. The van der Waals surface area contributed by atoms with Gasteiger partial charge in [0.05, 0.1) is 12.9 Å². The molecule has 0 spiro atoms. The fourth-order valence-corrected chi connectivity index (χ4v) is 1.71. The molecule has 0 atom stereocenters. The molecule has 1 N–H and O–H groups in total. The molecule has 2 rings (SSSR count). The monoisotopic (exact) mass is 233 g/mol. The van der Waals surface area contributed by atoms with Crippen LogP contribution in [-0.2, 0) is 13.1 Å². The van der Waals surface area contributed by atoms with Crippen molar-refractivity contribution in [2.75, 3.05) is 13.1 Å². The number of aromatic nitrogens is 4. The predicted octanol–water partition coefficient (Wildman–Crippen LogP) is 1.15. The van der Waals surface area contributed by atoms with E-state index in [9.17, 15) is 0 Å². The van der Waals surface area contributed by atoms with Crippen molar-refractivity contribution in [2.45, 2.75) is 25.9 Å². The van der Waals surface area contributed by atoms with Gasteiger partial charge in [-0.3, -0.25) is 4.68 Å². The highest BCUT2D eigenvalue weighted by Gasteiger charge is 1.92. The Morgan fingerprint density at radius 3 is 2.76 bits per heavy atom. The summed E-state index contributed by atoms with van der Waals surface area (Å²) in [6, 6.07) is 1.95. The van der Waals surface area contributed by atoms with Crippen molar-refractivity contribution in [3.8, 4) is 0 Å². The van der Waals surface area contributed by atoms with E-state index in [0.717, 1.165) is 26.2 Å². The highest BCUT2D eigenvalue weighted by atomic mass is 15.3. The zero-order valence-electron chi connectivity index (χ0n) is 10.00. The van der Waals surface area contributed by atoms with Gasteiger partial charge in [-0.2, -0.15) is 5.10 Å². The summed E-state index contributed by atoms with van der Waals surface area (Å²) in [6.45, 7) is 4.04. The second-order valence-corrected chi connectivity index (χ2v) is 4.03. The first-order chi connectivity index (χ1) is 8.45. The van der Waals surface area contributed by atoms with Crippen LogP contribution < -0.4 is 5.32 Å². The molecule has 2 aromatic rings. The highest BCUT2D eigenvalue weighted by molar-refractivity contribution is 4.77. The molecule has 0 amide bonds. The lowest BCUT2D eigenvalue weighted by Crippen LogP contribution is -2.21. The van der Waals surface area contributed by atoms with Crippen molar-refractivity contribution in [1.82, 2.24) is 24.6 Å². The van der Waals surface area contributed by atoms with E-state index in [-0.39, 0.29) is 0 Å². The zero-order valence-corrected chi connectivity index (χ0v) is 10.00. The van der Waals surface area contributed by atoms with Crippen LogP contribution in [0.3, 0.4) is 0 Å². The van der Waals surface area contributed by atoms with Gasteiger partial charge < -0.3 is 9.88 Å². The zero-order chi connectivity index (χ0) is 11.8. The molecule has 0 aliphatic rings. The lowest BCUT2D eigenvalue weighted by atomic mass is 10.3. The van der Waals surface area contributed by atoms with Crippen LogP contribution in [-0.4, -0.2) is 32.4 Å². The minimum absolute atomic E-state index is 0.939. The normalized spacial score (nSPS) is 10.8. The minimum atomic E-state index is 0.939. The summed E-state index contributed by atoms with van der Waals surface area (Å²) in [5.74, 6) is 0. The van der Waals surface area contributed by atoms with Gasteiger partial charge in [0.25, 0.3) is 0 Å². The number of aryl methyl sites for hydroxylation is 1. The van der Waals surface area contributed by atoms with Gasteiger partial charge >= 0.3 is 0 Å². The summed E-state index contributed by atoms with van der Waals surface area (Å²) in [4.78, 5) is 4.02. The molecule has 0 aliphatic heterocycles. The van der Waals surface area contributed by atoms with Crippen LogP contribution >= 0.6 is 0 Å². The maximum Gasteiger partial charge on any atom is 0.0945 e. The Bertz CT molecular complexity index is 341. The van der Waals surface area contributed by atoms with Crippen LogP contribution in [0.4, 0.5) is 0 Å². The minimum Gasteiger partial charge on any atom is -0.337 e. The van der Waals surface area contributed by atoms with E-state index >= 15 is 0 Å². The van der Waals surface area contributed by atoms with Gasteiger partial charge in [0, 0.05) is 37.9 Å². The molecule has 0 fully saturated rings. The van der Waals surface area contributed by atoms with E-state index in [0.29, 0.717) is 0 Å². The van der Waals surface area contributed by atoms with Gasteiger partial charge in [0.2, 0.25) is 0 Å². The maximum atomic E-state index is 4.15. The highest BCUT2D eigenvalue weighted by Crippen LogP contribution is 1.93. The van der Waals surface area contributed by atoms with Crippen LogP contribution in [0.25, 0.3) is 0 Å². The summed E-state index contributed by atoms with van der Waals surface area (Å²) in [7, 11) is 0. The average Bonchev–Trinajstić information content (AvgIpc) is 3.00. The molecule has 92 valence electrons. The lowest BCUT2D eigenvalue weighted by Gasteiger charge is -2.05. The van der Waals surface area contributed by atoms with Crippen molar-refractivity contribution < 1.29 is 0 Å². The first kappa shape index (κ1) is 11.9. The van der Waals surface area contributed by atoms with Crippen LogP contribution in [0.2, 0.25) is 0 Å². The Kier molecular flexibility index (Phi) is 4.78. The third-order valence-corrected chi connectivity index (χ3v) is 2.66. The predicted molar refractivity (Wildman–Crippen MR) is 66.6 cm³/mol. The number of nitrogens with one attached hydrogen (secondary N) is 1. The van der Waals surface area contributed by atoms with E-state index in [1.165, 1.54) is 12.8 Å². The van der Waals surface area contributed by atoms with Crippen molar-refractivity contribution in [1.29, 1.82) is 0 Å². The summed E-state index contributed by atoms with van der Waals surface area (Å²) in [6.07, 6.45) is 11.9. The first-order valence-corrected chi connectivity index (χ1v) is 6.09. The largest absolute Gasteiger partial charge is 0.337 e. The van der Waals surface area contributed by atoms with E-state index in [4.69, 9.17) is 0 Å². The summed E-state index contributed by atoms with van der Waals surface area (Å²) < 4.78 is 4.06. The molecular formula is C12H19N5. The number of rotatable bonds is 8. The fourth-order valence-electron chi connectivity index (χ4n) is 1.71. The SMILES string of the molecule is c1cnn(CCNCCCCn2ccnc2)c1. The molecule has 5 heteroatoms. The van der Waals surface area contributed by atoms with Crippen LogP contribution in [0, 0.1) is 0 Å². The fraction of sp³-hybridized carbons (Fsp3) is 0.500. The van der Waals surface area contributed by atoms with Gasteiger partial charge in [-0.15, -0.1) is 0 Å². The third-order valence-electron chi connectivity index (χ3n) is 2.66. The van der Waals surface area contributed by atoms with E-state index < -0.39 is 0 Å². The van der Waals surface area contributed by atoms with Crippen LogP contribution in [0.15, 0.2) is 37.2 Å². The number of imidazole rings is 1. The molecule has 0 bridgehead atoms. The lowest BCUT2D eigenvalue weighted by molar-refractivity contribution is 0.526. The summed E-state index contributed by atoms with van der Waals surface area (Å²) in [5.41, 5.74) is 0. The maximum absolute atomic E-state index is 4.15. The van der Waals surface area contributed by atoms with E-state index in [2.05, 4.69) is 20.0 Å². The second kappa shape index (κ2) is 6.85. The van der Waals surface area contributed by atoms with Crippen LogP contribution in [0.5, 0.6) is 0 Å². The Labute approximate surface area is 101 Å².